The van der Waals surface area contributed by atoms with Crippen molar-refractivity contribution < 1.29 is 22.7 Å². The van der Waals surface area contributed by atoms with E-state index in [1.807, 2.05) is 25.1 Å². The lowest BCUT2D eigenvalue weighted by atomic mass is 9.99. The molecule has 29 heavy (non-hydrogen) atoms. The molecule has 1 atom stereocenters. The van der Waals surface area contributed by atoms with Crippen LogP contribution in [0.15, 0.2) is 42.5 Å². The Bertz CT molecular complexity index is 1090. The normalized spacial score (nSPS) is 15.8. The van der Waals surface area contributed by atoms with Gasteiger partial charge in [0.15, 0.2) is 0 Å². The predicted molar refractivity (Wildman–Crippen MR) is 104 cm³/mol. The molecule has 0 bridgehead atoms. The van der Waals surface area contributed by atoms with Crippen LogP contribution in [0.25, 0.3) is 10.4 Å². The number of carbonyl (C=O) groups excluding carboxylic acids is 1. The Hall–Kier alpha value is -2.87. The zero-order valence-electron chi connectivity index (χ0n) is 15.4. The number of nitrogens with two attached hydrogens (primary N) is 1. The average Bonchev–Trinajstić information content (AvgIpc) is 3.24. The number of hydrogen-bond donors (Lipinski definition) is 1. The second-order valence-electron chi connectivity index (χ2n) is 6.92. The summed E-state index contributed by atoms with van der Waals surface area (Å²) in [5.41, 5.74) is 7.75. The highest BCUT2D eigenvalue weighted by atomic mass is 32.1. The van der Waals surface area contributed by atoms with E-state index in [1.54, 1.807) is 6.07 Å². The van der Waals surface area contributed by atoms with Crippen molar-refractivity contribution in [3.8, 4) is 16.2 Å². The van der Waals surface area contributed by atoms with Crippen molar-refractivity contribution in [1.82, 2.24) is 4.98 Å². The fourth-order valence-corrected chi connectivity index (χ4v) is 4.51. The molecule has 0 saturated carbocycles. The molecule has 1 aromatic heterocycles. The van der Waals surface area contributed by atoms with Crippen LogP contribution in [0.2, 0.25) is 0 Å². The molecule has 0 radical (unpaired) electrons. The highest BCUT2D eigenvalue weighted by molar-refractivity contribution is 7.15. The molecule has 4 rings (SSSR count). The number of primary amides is 1. The first-order chi connectivity index (χ1) is 13.7. The SMILES string of the molecule is Cc1nc(Cc2cccc(C(F)(F)F)c2)sc1-c1ccc2c(c1)OCC2C(N)=O. The van der Waals surface area contributed by atoms with Crippen LogP contribution in [0.5, 0.6) is 5.75 Å². The third-order valence-corrected chi connectivity index (χ3v) is 6.06. The highest BCUT2D eigenvalue weighted by Crippen LogP contribution is 2.39. The van der Waals surface area contributed by atoms with Gasteiger partial charge in [-0.1, -0.05) is 30.3 Å². The molecule has 2 heterocycles. The molecule has 1 amide bonds. The van der Waals surface area contributed by atoms with Gasteiger partial charge in [-0.3, -0.25) is 4.79 Å². The first kappa shape index (κ1) is 19.4. The van der Waals surface area contributed by atoms with Gasteiger partial charge in [0.2, 0.25) is 5.91 Å². The summed E-state index contributed by atoms with van der Waals surface area (Å²) < 4.78 is 44.4. The minimum atomic E-state index is -4.37. The Morgan fingerprint density at radius 2 is 2.07 bits per heavy atom. The molecule has 150 valence electrons. The molecule has 4 nitrogen and oxygen atoms in total. The van der Waals surface area contributed by atoms with Crippen molar-refractivity contribution in [1.29, 1.82) is 0 Å². The lowest BCUT2D eigenvalue weighted by molar-refractivity contribution is -0.137. The minimum Gasteiger partial charge on any atom is -0.492 e. The molecular formula is C21H17F3N2O2S. The summed E-state index contributed by atoms with van der Waals surface area (Å²) in [6.45, 7) is 2.10. The lowest BCUT2D eigenvalue weighted by Crippen LogP contribution is -2.22. The number of carbonyl (C=O) groups is 1. The van der Waals surface area contributed by atoms with Crippen molar-refractivity contribution in [2.45, 2.75) is 25.4 Å². The van der Waals surface area contributed by atoms with Gasteiger partial charge in [-0.2, -0.15) is 13.2 Å². The van der Waals surface area contributed by atoms with E-state index in [9.17, 15) is 18.0 Å². The third kappa shape index (κ3) is 3.85. The van der Waals surface area contributed by atoms with Crippen LogP contribution in [-0.4, -0.2) is 17.5 Å². The standard InChI is InChI=1S/C21H17F3N2O2S/c1-11-19(13-5-6-15-16(20(25)27)10-28-17(15)9-13)29-18(26-11)8-12-3-2-4-14(7-12)21(22,23)24/h2-7,9,16H,8,10H2,1H3,(H2,25,27). The van der Waals surface area contributed by atoms with E-state index >= 15 is 0 Å². The Morgan fingerprint density at radius 3 is 2.79 bits per heavy atom. The number of benzene rings is 2. The van der Waals surface area contributed by atoms with E-state index in [4.69, 9.17) is 10.5 Å². The molecule has 0 aliphatic carbocycles. The molecule has 2 N–H and O–H groups in total. The second-order valence-corrected chi connectivity index (χ2v) is 8.00. The number of rotatable bonds is 4. The first-order valence-electron chi connectivity index (χ1n) is 8.91. The van der Waals surface area contributed by atoms with Crippen molar-refractivity contribution in [3.05, 3.63) is 69.9 Å². The number of hydrogen-bond acceptors (Lipinski definition) is 4. The smallest absolute Gasteiger partial charge is 0.416 e. The molecule has 0 saturated heterocycles. The quantitative estimate of drug-likeness (QED) is 0.669. The molecule has 2 aromatic carbocycles. The number of aryl methyl sites for hydroxylation is 1. The molecule has 1 aliphatic heterocycles. The summed E-state index contributed by atoms with van der Waals surface area (Å²) in [5.74, 6) is -0.245. The van der Waals surface area contributed by atoms with Crippen LogP contribution >= 0.6 is 11.3 Å². The molecule has 1 unspecified atom stereocenters. The van der Waals surface area contributed by atoms with E-state index in [0.29, 0.717) is 17.7 Å². The predicted octanol–water partition coefficient (Wildman–Crippen LogP) is 4.69. The summed E-state index contributed by atoms with van der Waals surface area (Å²) in [4.78, 5) is 17.0. The fourth-order valence-electron chi connectivity index (χ4n) is 3.41. The highest BCUT2D eigenvalue weighted by Gasteiger charge is 2.31. The zero-order chi connectivity index (χ0) is 20.8. The van der Waals surface area contributed by atoms with Gasteiger partial charge in [-0.15, -0.1) is 11.3 Å². The number of ether oxygens (including phenoxy) is 1. The van der Waals surface area contributed by atoms with Gasteiger partial charge < -0.3 is 10.5 Å². The van der Waals surface area contributed by atoms with Crippen molar-refractivity contribution in [2.75, 3.05) is 6.61 Å². The van der Waals surface area contributed by atoms with Gasteiger partial charge in [0.25, 0.3) is 0 Å². The van der Waals surface area contributed by atoms with E-state index in [-0.39, 0.29) is 6.61 Å². The van der Waals surface area contributed by atoms with Crippen LogP contribution in [0, 0.1) is 6.92 Å². The summed E-state index contributed by atoms with van der Waals surface area (Å²) >= 11 is 1.43. The lowest BCUT2D eigenvalue weighted by Gasteiger charge is -2.07. The van der Waals surface area contributed by atoms with Crippen LogP contribution < -0.4 is 10.5 Å². The van der Waals surface area contributed by atoms with Crippen molar-refractivity contribution >= 4 is 17.2 Å². The van der Waals surface area contributed by atoms with Crippen LogP contribution in [0.4, 0.5) is 13.2 Å². The zero-order valence-corrected chi connectivity index (χ0v) is 16.2. The van der Waals surface area contributed by atoms with E-state index < -0.39 is 23.6 Å². The number of halogens is 3. The van der Waals surface area contributed by atoms with Gasteiger partial charge in [0.05, 0.1) is 21.1 Å². The van der Waals surface area contributed by atoms with Crippen LogP contribution in [0.3, 0.4) is 0 Å². The Kier molecular flexibility index (Phi) is 4.82. The van der Waals surface area contributed by atoms with Gasteiger partial charge in [0.1, 0.15) is 18.3 Å². The van der Waals surface area contributed by atoms with Gasteiger partial charge in [0, 0.05) is 12.0 Å². The fraction of sp³-hybridized carbons (Fsp3) is 0.238. The first-order valence-corrected chi connectivity index (χ1v) is 9.73. The average molecular weight is 418 g/mol. The third-order valence-electron chi connectivity index (χ3n) is 4.85. The topological polar surface area (TPSA) is 65.2 Å². The monoisotopic (exact) mass is 418 g/mol. The maximum atomic E-state index is 12.9. The van der Waals surface area contributed by atoms with Crippen LogP contribution in [-0.2, 0) is 17.4 Å². The number of thiazole rings is 1. The Balaban J connectivity index is 1.60. The van der Waals surface area contributed by atoms with Gasteiger partial charge in [-0.25, -0.2) is 4.98 Å². The second kappa shape index (κ2) is 7.18. The molecule has 0 spiro atoms. The van der Waals surface area contributed by atoms with Crippen molar-refractivity contribution in [2.24, 2.45) is 5.73 Å². The summed E-state index contributed by atoms with van der Waals surface area (Å²) in [5, 5.41) is 0.730. The Labute approximate surface area is 169 Å². The molecule has 8 heteroatoms. The number of amides is 1. The van der Waals surface area contributed by atoms with E-state index in [1.165, 1.54) is 17.4 Å². The number of fused-ring (bicyclic) bond motifs is 1. The maximum Gasteiger partial charge on any atom is 0.416 e. The summed E-state index contributed by atoms with van der Waals surface area (Å²) in [6, 6.07) is 10.9. The largest absolute Gasteiger partial charge is 0.492 e. The summed E-state index contributed by atoms with van der Waals surface area (Å²) in [7, 11) is 0. The maximum absolute atomic E-state index is 12.9. The van der Waals surface area contributed by atoms with Gasteiger partial charge >= 0.3 is 6.18 Å². The molecule has 1 aliphatic rings. The molecular weight excluding hydrogens is 401 g/mol. The van der Waals surface area contributed by atoms with Crippen molar-refractivity contribution in [3.63, 3.8) is 0 Å². The molecule has 3 aromatic rings. The minimum absolute atomic E-state index is 0.233. The summed E-state index contributed by atoms with van der Waals surface area (Å²) in [6.07, 6.45) is -4.05. The number of aromatic nitrogens is 1. The number of alkyl halides is 3. The van der Waals surface area contributed by atoms with E-state index in [2.05, 4.69) is 4.98 Å². The molecule has 0 fully saturated rings. The van der Waals surface area contributed by atoms with Gasteiger partial charge in [-0.05, 0) is 30.2 Å². The number of nitrogens with zero attached hydrogens (tertiary/aromatic N) is 1. The van der Waals surface area contributed by atoms with Crippen LogP contribution in [0.1, 0.15) is 33.3 Å². The van der Waals surface area contributed by atoms with E-state index in [0.717, 1.165) is 38.8 Å². The Morgan fingerprint density at radius 1 is 1.28 bits per heavy atom.